The molecule has 0 amide bonds. The Balaban J connectivity index is 1.83. The van der Waals surface area contributed by atoms with Crippen molar-refractivity contribution in [2.75, 3.05) is 0 Å². The highest BCUT2D eigenvalue weighted by Gasteiger charge is 2.33. The van der Waals surface area contributed by atoms with E-state index in [0.29, 0.717) is 11.5 Å². The molecule has 1 aromatic rings. The van der Waals surface area contributed by atoms with Crippen LogP contribution in [0, 0.1) is 11.3 Å². The first kappa shape index (κ1) is 21.8. The van der Waals surface area contributed by atoms with Crippen molar-refractivity contribution in [3.63, 3.8) is 0 Å². The molecule has 1 aliphatic rings. The molecule has 145 valence electrons. The van der Waals surface area contributed by atoms with E-state index in [4.69, 9.17) is 9.39 Å². The van der Waals surface area contributed by atoms with Crippen molar-refractivity contribution in [3.05, 3.63) is 24.3 Å². The van der Waals surface area contributed by atoms with Crippen LogP contribution in [0.2, 0.25) is 0 Å². The zero-order valence-corrected chi connectivity index (χ0v) is 18.9. The van der Waals surface area contributed by atoms with Crippen molar-refractivity contribution in [1.82, 2.24) is 0 Å². The quantitative estimate of drug-likeness (QED) is 0.492. The van der Waals surface area contributed by atoms with E-state index < -0.39 is 0 Å². The number of rotatable bonds is 6. The summed E-state index contributed by atoms with van der Waals surface area (Å²) in [6.07, 6.45) is 5.23. The molecule has 1 atom stereocenters. The zero-order valence-electron chi connectivity index (χ0n) is 17.8. The highest BCUT2D eigenvalue weighted by atomic mass is 31.0. The van der Waals surface area contributed by atoms with E-state index in [9.17, 15) is 0 Å². The minimum Gasteiger partial charge on any atom is -0.490 e. The molecule has 1 fully saturated rings. The summed E-state index contributed by atoms with van der Waals surface area (Å²) >= 11 is 0. The monoisotopic (exact) mass is 375 g/mol. The maximum absolute atomic E-state index is 6.21. The van der Waals surface area contributed by atoms with Gasteiger partial charge in [-0.3, -0.25) is 0 Å². The summed E-state index contributed by atoms with van der Waals surface area (Å²) in [6, 6.07) is 8.26. The molecule has 0 saturated heterocycles. The Morgan fingerprint density at radius 2 is 1.42 bits per heavy atom. The van der Waals surface area contributed by atoms with Gasteiger partial charge < -0.3 is 9.39 Å². The van der Waals surface area contributed by atoms with E-state index in [1.807, 2.05) is 7.48 Å². The van der Waals surface area contributed by atoms with Crippen LogP contribution in [0.4, 0.5) is 0 Å². The van der Waals surface area contributed by atoms with Crippen molar-refractivity contribution >= 4 is 22.2 Å². The molecule has 1 unspecified atom stereocenters. The van der Waals surface area contributed by atoms with E-state index in [2.05, 4.69) is 82.0 Å². The summed E-state index contributed by atoms with van der Waals surface area (Å²) in [5.41, 5.74) is 1.23. The third-order valence-electron chi connectivity index (χ3n) is 6.12. The molecule has 2 nitrogen and oxygen atoms in total. The summed E-state index contributed by atoms with van der Waals surface area (Å²) in [6.45, 7) is 15.6. The van der Waals surface area contributed by atoms with E-state index in [1.54, 1.807) is 0 Å². The van der Waals surface area contributed by atoms with Gasteiger partial charge in [-0.25, -0.2) is 0 Å². The molecule has 1 aromatic carbocycles. The largest absolute Gasteiger partial charge is 0.490 e. The lowest BCUT2D eigenvalue weighted by molar-refractivity contribution is 0.0841. The second-order valence-electron chi connectivity index (χ2n) is 9.99. The number of hydrogen-bond acceptors (Lipinski definition) is 2. The smallest absolute Gasteiger partial charge is 0.330 e. The molecule has 0 heterocycles. The average molecular weight is 375 g/mol. The first-order chi connectivity index (χ1) is 11.9. The van der Waals surface area contributed by atoms with Gasteiger partial charge in [0.1, 0.15) is 5.75 Å². The van der Waals surface area contributed by atoms with Gasteiger partial charge in [0.05, 0.1) is 11.7 Å². The van der Waals surface area contributed by atoms with E-state index in [1.165, 1.54) is 12.8 Å². The molecule has 26 heavy (non-hydrogen) atoms. The Morgan fingerprint density at radius 1 is 0.885 bits per heavy atom. The fourth-order valence-corrected chi connectivity index (χ4v) is 3.30. The van der Waals surface area contributed by atoms with E-state index in [-0.39, 0.29) is 10.8 Å². The van der Waals surface area contributed by atoms with Crippen LogP contribution in [0.25, 0.3) is 0 Å². The van der Waals surface area contributed by atoms with Crippen molar-refractivity contribution in [2.45, 2.75) is 91.0 Å². The van der Waals surface area contributed by atoms with Crippen molar-refractivity contribution < 1.29 is 9.39 Å². The lowest BCUT2D eigenvalue weighted by Gasteiger charge is -2.39. The van der Waals surface area contributed by atoms with Gasteiger partial charge in [-0.2, -0.15) is 0 Å². The van der Waals surface area contributed by atoms with Crippen LogP contribution in [0.1, 0.15) is 74.1 Å². The Hall–Kier alpha value is -0.525. The highest BCUT2D eigenvalue weighted by molar-refractivity contribution is 7.19. The van der Waals surface area contributed by atoms with Crippen LogP contribution in [0.15, 0.2) is 24.3 Å². The van der Waals surface area contributed by atoms with Crippen LogP contribution < -0.4 is 10.2 Å². The average Bonchev–Trinajstić information content (AvgIpc) is 2.53. The molecule has 1 radical (unpaired) electrons. The van der Waals surface area contributed by atoms with Gasteiger partial charge in [-0.15, -0.1) is 9.24 Å². The van der Waals surface area contributed by atoms with Crippen LogP contribution >= 0.6 is 9.24 Å². The van der Waals surface area contributed by atoms with E-state index in [0.717, 1.165) is 30.0 Å². The lowest BCUT2D eigenvalue weighted by atomic mass is 9.72. The van der Waals surface area contributed by atoms with Gasteiger partial charge in [0.15, 0.2) is 0 Å². The maximum atomic E-state index is 6.21. The minimum absolute atomic E-state index is 0.00154. The zero-order chi connectivity index (χ0) is 19.6. The standard InChI is InChI=1S/C22H37BO2P/c1-20(2,3)16-8-12-18(13-9-16)24-19-14-10-17(11-15-19)23-25-21(4,5)22(6,7)26/h10-11,14-16,18H,8-9,12-13,26H2,1-7H3. The van der Waals surface area contributed by atoms with Crippen LogP contribution in [0.3, 0.4) is 0 Å². The van der Waals surface area contributed by atoms with Gasteiger partial charge in [-0.05, 0) is 63.0 Å². The molecule has 2 rings (SSSR count). The first-order valence-electron chi connectivity index (χ1n) is 9.95. The number of ether oxygens (including phenoxy) is 1. The predicted molar refractivity (Wildman–Crippen MR) is 117 cm³/mol. The molecular weight excluding hydrogens is 338 g/mol. The molecule has 1 aliphatic carbocycles. The van der Waals surface area contributed by atoms with Gasteiger partial charge in [-0.1, -0.05) is 52.2 Å². The van der Waals surface area contributed by atoms with Crippen molar-refractivity contribution in [3.8, 4) is 5.75 Å². The maximum Gasteiger partial charge on any atom is 0.330 e. The number of benzene rings is 1. The molecule has 0 aliphatic heterocycles. The summed E-state index contributed by atoms with van der Waals surface area (Å²) in [5, 5.41) is -0.00154. The summed E-state index contributed by atoms with van der Waals surface area (Å²) in [4.78, 5) is 0. The molecular formula is C22H37BO2P. The van der Waals surface area contributed by atoms with Crippen LogP contribution in [0.5, 0.6) is 5.75 Å². The van der Waals surface area contributed by atoms with E-state index >= 15 is 0 Å². The van der Waals surface area contributed by atoms with Gasteiger partial charge in [0, 0.05) is 5.16 Å². The predicted octanol–water partition coefficient (Wildman–Crippen LogP) is 5.36. The summed E-state index contributed by atoms with van der Waals surface area (Å²) in [5.74, 6) is 1.79. The summed E-state index contributed by atoms with van der Waals surface area (Å²) in [7, 11) is 4.71. The molecule has 0 bridgehead atoms. The Labute approximate surface area is 164 Å². The minimum atomic E-state index is -0.251. The van der Waals surface area contributed by atoms with Crippen LogP contribution in [-0.2, 0) is 4.65 Å². The Kier molecular flexibility index (Phi) is 6.89. The van der Waals surface area contributed by atoms with Crippen LogP contribution in [-0.4, -0.2) is 24.3 Å². The van der Waals surface area contributed by atoms with Crippen molar-refractivity contribution in [1.29, 1.82) is 0 Å². The Morgan fingerprint density at radius 3 is 1.88 bits per heavy atom. The fourth-order valence-electron chi connectivity index (χ4n) is 3.23. The molecule has 0 spiro atoms. The lowest BCUT2D eigenvalue weighted by Crippen LogP contribution is -2.45. The molecule has 1 saturated carbocycles. The molecule has 0 N–H and O–H groups in total. The Bertz CT molecular complexity index is 561. The third kappa shape index (κ3) is 5.99. The molecule has 0 aromatic heterocycles. The first-order valence-corrected chi connectivity index (χ1v) is 10.5. The SMILES string of the molecule is CC(C)(C)C1CCC(Oc2ccc([B]OC(C)(C)C(C)(C)P)cc2)CC1. The fraction of sp³-hybridized carbons (Fsp3) is 0.727. The van der Waals surface area contributed by atoms with Gasteiger partial charge in [0.2, 0.25) is 0 Å². The van der Waals surface area contributed by atoms with Gasteiger partial charge >= 0.3 is 7.48 Å². The summed E-state index contributed by atoms with van der Waals surface area (Å²) < 4.78 is 12.2. The number of hydrogen-bond donors (Lipinski definition) is 0. The van der Waals surface area contributed by atoms with Gasteiger partial charge in [0.25, 0.3) is 0 Å². The second-order valence-corrected chi connectivity index (χ2v) is 11.4. The third-order valence-corrected chi connectivity index (χ3v) is 6.82. The normalized spacial score (nSPS) is 22.2. The molecule has 4 heteroatoms. The highest BCUT2D eigenvalue weighted by Crippen LogP contribution is 2.38. The topological polar surface area (TPSA) is 18.5 Å². The second kappa shape index (κ2) is 8.23. The van der Waals surface area contributed by atoms with Crippen molar-refractivity contribution in [2.24, 2.45) is 11.3 Å².